The van der Waals surface area contributed by atoms with Crippen LogP contribution >= 0.6 is 0 Å². The van der Waals surface area contributed by atoms with Crippen molar-refractivity contribution in [3.05, 3.63) is 108 Å². The average Bonchev–Trinajstić information content (AvgIpc) is 3.27. The van der Waals surface area contributed by atoms with Crippen molar-refractivity contribution < 1.29 is 19.1 Å². The number of benzene rings is 4. The summed E-state index contributed by atoms with van der Waals surface area (Å²) >= 11 is 0. The van der Waals surface area contributed by atoms with Crippen LogP contribution in [-0.2, 0) is 22.6 Å². The van der Waals surface area contributed by atoms with Gasteiger partial charge in [0.25, 0.3) is 5.91 Å². The summed E-state index contributed by atoms with van der Waals surface area (Å²) in [6.45, 7) is 3.01. The lowest BCUT2D eigenvalue weighted by Crippen LogP contribution is -2.50. The average molecular weight is 550 g/mol. The van der Waals surface area contributed by atoms with Gasteiger partial charge >= 0.3 is 0 Å². The third-order valence-corrected chi connectivity index (χ3v) is 7.53. The van der Waals surface area contributed by atoms with Crippen molar-refractivity contribution in [1.82, 2.24) is 10.2 Å². The SMILES string of the molecule is CCNC(=O)C(Cc1ccccc1)N(Cc1cccc(OC)c1)C(=O)CCCN1C(=O)c2cccc3cccc1c23. The second-order valence-corrected chi connectivity index (χ2v) is 10.2. The largest absolute Gasteiger partial charge is 0.497 e. The molecule has 0 aliphatic carbocycles. The molecule has 1 aliphatic heterocycles. The summed E-state index contributed by atoms with van der Waals surface area (Å²) in [5, 5.41) is 4.92. The molecule has 41 heavy (non-hydrogen) atoms. The van der Waals surface area contributed by atoms with Crippen molar-refractivity contribution in [2.24, 2.45) is 0 Å². The summed E-state index contributed by atoms with van der Waals surface area (Å²) in [5.41, 5.74) is 3.42. The highest BCUT2D eigenvalue weighted by atomic mass is 16.5. The molecular weight excluding hydrogens is 514 g/mol. The second kappa shape index (κ2) is 12.7. The molecule has 210 valence electrons. The Bertz CT molecular complexity index is 1550. The molecule has 1 atom stereocenters. The number of rotatable bonds is 12. The number of carbonyl (C=O) groups is 3. The molecule has 0 bridgehead atoms. The molecule has 7 heteroatoms. The number of likely N-dealkylation sites (N-methyl/N-ethyl adjacent to an activating group) is 1. The van der Waals surface area contributed by atoms with Gasteiger partial charge in [-0.05, 0) is 54.1 Å². The van der Waals surface area contributed by atoms with Crippen LogP contribution in [-0.4, -0.2) is 48.9 Å². The fourth-order valence-electron chi connectivity index (χ4n) is 5.55. The van der Waals surface area contributed by atoms with Crippen LogP contribution in [0.25, 0.3) is 10.8 Å². The fraction of sp³-hybridized carbons (Fsp3) is 0.265. The Labute approximate surface area is 240 Å². The molecule has 1 unspecified atom stereocenters. The first kappa shape index (κ1) is 27.9. The minimum atomic E-state index is -0.692. The Hall–Kier alpha value is -4.65. The zero-order valence-corrected chi connectivity index (χ0v) is 23.5. The van der Waals surface area contributed by atoms with Crippen molar-refractivity contribution in [2.75, 3.05) is 25.1 Å². The molecular formula is C34H35N3O4. The smallest absolute Gasteiger partial charge is 0.258 e. The quantitative estimate of drug-likeness (QED) is 0.258. The molecule has 4 aromatic carbocycles. The zero-order valence-electron chi connectivity index (χ0n) is 23.5. The van der Waals surface area contributed by atoms with Crippen molar-refractivity contribution >= 4 is 34.2 Å². The lowest BCUT2D eigenvalue weighted by atomic mass is 10.0. The summed E-state index contributed by atoms with van der Waals surface area (Å²) in [6.07, 6.45) is 1.06. The topological polar surface area (TPSA) is 79.0 Å². The van der Waals surface area contributed by atoms with E-state index in [9.17, 15) is 14.4 Å². The summed E-state index contributed by atoms with van der Waals surface area (Å²) in [7, 11) is 1.60. The van der Waals surface area contributed by atoms with Gasteiger partial charge in [0.1, 0.15) is 11.8 Å². The van der Waals surface area contributed by atoms with Gasteiger partial charge in [-0.2, -0.15) is 0 Å². The number of amides is 3. The lowest BCUT2D eigenvalue weighted by Gasteiger charge is -2.32. The van der Waals surface area contributed by atoms with E-state index in [1.165, 1.54) is 0 Å². The van der Waals surface area contributed by atoms with Gasteiger partial charge in [-0.1, -0.05) is 66.7 Å². The number of hydrogen-bond acceptors (Lipinski definition) is 4. The van der Waals surface area contributed by atoms with Gasteiger partial charge in [-0.3, -0.25) is 14.4 Å². The Balaban J connectivity index is 1.37. The fourth-order valence-corrected chi connectivity index (χ4v) is 5.55. The molecule has 0 saturated carbocycles. The first-order valence-corrected chi connectivity index (χ1v) is 14.1. The Kier molecular flexibility index (Phi) is 8.63. The summed E-state index contributed by atoms with van der Waals surface area (Å²) in [4.78, 5) is 44.0. The number of anilines is 1. The van der Waals surface area contributed by atoms with E-state index >= 15 is 0 Å². The van der Waals surface area contributed by atoms with Gasteiger partial charge in [0.2, 0.25) is 11.8 Å². The Morgan fingerprint density at radius 2 is 1.66 bits per heavy atom. The maximum atomic E-state index is 13.9. The highest BCUT2D eigenvalue weighted by molar-refractivity contribution is 6.25. The summed E-state index contributed by atoms with van der Waals surface area (Å²) in [5.74, 6) is 0.322. The molecule has 5 rings (SSSR count). The molecule has 7 nitrogen and oxygen atoms in total. The number of nitrogens with one attached hydrogen (secondary N) is 1. The van der Waals surface area contributed by atoms with Gasteiger partial charge in [0, 0.05) is 43.4 Å². The summed E-state index contributed by atoms with van der Waals surface area (Å²) < 4.78 is 5.40. The van der Waals surface area contributed by atoms with E-state index < -0.39 is 6.04 Å². The summed E-state index contributed by atoms with van der Waals surface area (Å²) in [6, 6.07) is 28.3. The van der Waals surface area contributed by atoms with Gasteiger partial charge in [0.05, 0.1) is 12.8 Å². The van der Waals surface area contributed by atoms with E-state index in [0.29, 0.717) is 37.2 Å². The van der Waals surface area contributed by atoms with Crippen LogP contribution < -0.4 is 15.0 Å². The van der Waals surface area contributed by atoms with Gasteiger partial charge in [-0.25, -0.2) is 0 Å². The molecule has 0 aromatic heterocycles. The molecule has 1 heterocycles. The molecule has 0 saturated heterocycles. The van der Waals surface area contributed by atoms with Crippen LogP contribution in [0.5, 0.6) is 5.75 Å². The molecule has 0 spiro atoms. The normalized spacial score (nSPS) is 12.8. The van der Waals surface area contributed by atoms with Crippen molar-refractivity contribution in [1.29, 1.82) is 0 Å². The number of ether oxygens (including phenoxy) is 1. The van der Waals surface area contributed by atoms with E-state index in [1.807, 2.05) is 97.9 Å². The van der Waals surface area contributed by atoms with Crippen LogP contribution in [0.3, 0.4) is 0 Å². The van der Waals surface area contributed by atoms with Gasteiger partial charge in [-0.15, -0.1) is 0 Å². The predicted octanol–water partition coefficient (Wildman–Crippen LogP) is 5.37. The van der Waals surface area contributed by atoms with Crippen LogP contribution in [0.1, 0.15) is 41.3 Å². The third-order valence-electron chi connectivity index (χ3n) is 7.53. The molecule has 0 fully saturated rings. The van der Waals surface area contributed by atoms with Crippen molar-refractivity contribution in [3.8, 4) is 5.75 Å². The zero-order chi connectivity index (χ0) is 28.8. The van der Waals surface area contributed by atoms with Crippen molar-refractivity contribution in [3.63, 3.8) is 0 Å². The van der Waals surface area contributed by atoms with Crippen molar-refractivity contribution in [2.45, 2.75) is 38.8 Å². The first-order chi connectivity index (χ1) is 20.0. The van der Waals surface area contributed by atoms with E-state index in [0.717, 1.165) is 27.6 Å². The molecule has 1 N–H and O–H groups in total. The van der Waals surface area contributed by atoms with Crippen LogP contribution in [0, 0.1) is 0 Å². The minimum absolute atomic E-state index is 0.0400. The number of carbonyl (C=O) groups excluding carboxylic acids is 3. The number of nitrogens with zero attached hydrogens (tertiary/aromatic N) is 2. The van der Waals surface area contributed by atoms with E-state index in [4.69, 9.17) is 4.74 Å². The highest BCUT2D eigenvalue weighted by Crippen LogP contribution is 2.37. The predicted molar refractivity (Wildman–Crippen MR) is 161 cm³/mol. The van der Waals surface area contributed by atoms with E-state index in [1.54, 1.807) is 16.9 Å². The third kappa shape index (κ3) is 6.09. The second-order valence-electron chi connectivity index (χ2n) is 10.2. The van der Waals surface area contributed by atoms with E-state index in [-0.39, 0.29) is 30.7 Å². The Morgan fingerprint density at radius 3 is 2.41 bits per heavy atom. The standard InChI is InChI=1S/C34H35N3O4/c1-3-35-33(39)30(22-24-11-5-4-6-12-24)37(23-25-13-7-16-27(21-25)41-2)31(38)19-10-20-36-29-18-9-15-26-14-8-17-28(32(26)29)34(36)40/h4-9,11-18,21,30H,3,10,19-20,22-23H2,1-2H3,(H,35,39). The van der Waals surface area contributed by atoms with Crippen LogP contribution in [0.4, 0.5) is 5.69 Å². The first-order valence-electron chi connectivity index (χ1n) is 14.1. The monoisotopic (exact) mass is 549 g/mol. The number of methoxy groups -OCH3 is 1. The van der Waals surface area contributed by atoms with Crippen LogP contribution in [0.2, 0.25) is 0 Å². The maximum absolute atomic E-state index is 13.9. The molecule has 3 amide bonds. The minimum Gasteiger partial charge on any atom is -0.497 e. The molecule has 4 aromatic rings. The Morgan fingerprint density at radius 1 is 0.927 bits per heavy atom. The number of hydrogen-bond donors (Lipinski definition) is 1. The van der Waals surface area contributed by atoms with Gasteiger partial charge in [0.15, 0.2) is 0 Å². The van der Waals surface area contributed by atoms with Gasteiger partial charge < -0.3 is 19.9 Å². The van der Waals surface area contributed by atoms with Crippen LogP contribution in [0.15, 0.2) is 91.0 Å². The maximum Gasteiger partial charge on any atom is 0.258 e. The highest BCUT2D eigenvalue weighted by Gasteiger charge is 2.32. The lowest BCUT2D eigenvalue weighted by molar-refractivity contribution is -0.141. The molecule has 1 aliphatic rings. The molecule has 0 radical (unpaired) electrons. The van der Waals surface area contributed by atoms with E-state index in [2.05, 4.69) is 5.32 Å².